The van der Waals surface area contributed by atoms with Crippen LogP contribution >= 0.6 is 0 Å². The van der Waals surface area contributed by atoms with E-state index in [0.29, 0.717) is 0 Å². The smallest absolute Gasteiger partial charge is 0.170 e. The molecular weight excluding hydrogens is 262 g/mol. The summed E-state index contributed by atoms with van der Waals surface area (Å²) in [6.45, 7) is 8.71. The molecule has 0 unspecified atom stereocenters. The largest absolute Gasteiger partial charge is 0.352 e. The number of hydrogen-bond donors (Lipinski definition) is 0. The van der Waals surface area contributed by atoms with Crippen LogP contribution in [0.1, 0.15) is 32.3 Å². The van der Waals surface area contributed by atoms with Crippen LogP contribution in [0.15, 0.2) is 30.3 Å². The summed E-state index contributed by atoms with van der Waals surface area (Å²) in [5.74, 6) is 0.821. The van der Waals surface area contributed by atoms with Gasteiger partial charge in [-0.3, -0.25) is 4.90 Å². The van der Waals surface area contributed by atoms with Gasteiger partial charge in [-0.25, -0.2) is 0 Å². The van der Waals surface area contributed by atoms with Crippen molar-refractivity contribution >= 4 is 0 Å². The molecule has 1 aliphatic heterocycles. The Morgan fingerprint density at radius 2 is 1.67 bits per heavy atom. The van der Waals surface area contributed by atoms with Crippen molar-refractivity contribution in [2.75, 3.05) is 32.8 Å². The predicted molar refractivity (Wildman–Crippen MR) is 86.4 cm³/mol. The lowest BCUT2D eigenvalue weighted by atomic mass is 9.90. The molecule has 1 saturated heterocycles. The lowest BCUT2D eigenvalue weighted by Crippen LogP contribution is -2.41. The van der Waals surface area contributed by atoms with Crippen LogP contribution in [0.4, 0.5) is 0 Å². The molecule has 118 valence electrons. The van der Waals surface area contributed by atoms with Gasteiger partial charge in [0.15, 0.2) is 6.29 Å². The summed E-state index contributed by atoms with van der Waals surface area (Å²) in [6.07, 6.45) is 3.71. The van der Waals surface area contributed by atoms with Gasteiger partial charge in [-0.1, -0.05) is 30.3 Å². The van der Waals surface area contributed by atoms with Crippen LogP contribution < -0.4 is 0 Å². The summed E-state index contributed by atoms with van der Waals surface area (Å²) in [6, 6.07) is 10.9. The molecule has 0 amide bonds. The molecule has 1 heterocycles. The molecule has 2 rings (SSSR count). The van der Waals surface area contributed by atoms with Crippen molar-refractivity contribution < 1.29 is 9.47 Å². The fraction of sp³-hybridized carbons (Fsp3) is 0.667. The molecule has 3 heteroatoms. The highest BCUT2D eigenvalue weighted by Gasteiger charge is 2.22. The van der Waals surface area contributed by atoms with Crippen LogP contribution in [0.2, 0.25) is 0 Å². The van der Waals surface area contributed by atoms with E-state index in [0.717, 1.165) is 38.8 Å². The van der Waals surface area contributed by atoms with Crippen LogP contribution in [0.25, 0.3) is 0 Å². The van der Waals surface area contributed by atoms with Gasteiger partial charge in [-0.15, -0.1) is 0 Å². The van der Waals surface area contributed by atoms with E-state index in [4.69, 9.17) is 9.47 Å². The Labute approximate surface area is 129 Å². The van der Waals surface area contributed by atoms with Gasteiger partial charge in [0.1, 0.15) is 0 Å². The summed E-state index contributed by atoms with van der Waals surface area (Å²) in [4.78, 5) is 2.48. The SMILES string of the molecule is CCOC(CN1CCC(Cc2ccccc2)CC1)OCC. The van der Waals surface area contributed by atoms with Crippen LogP contribution in [0, 0.1) is 5.92 Å². The summed E-state index contributed by atoms with van der Waals surface area (Å²) in [5.41, 5.74) is 1.47. The molecule has 0 spiro atoms. The second kappa shape index (κ2) is 9.19. The van der Waals surface area contributed by atoms with Gasteiger partial charge >= 0.3 is 0 Å². The maximum atomic E-state index is 5.64. The van der Waals surface area contributed by atoms with E-state index < -0.39 is 0 Å². The Morgan fingerprint density at radius 1 is 1.05 bits per heavy atom. The number of piperidine rings is 1. The lowest BCUT2D eigenvalue weighted by molar-refractivity contribution is -0.149. The molecule has 1 aliphatic rings. The van der Waals surface area contributed by atoms with Crippen molar-refractivity contribution in [3.8, 4) is 0 Å². The molecule has 0 aromatic heterocycles. The average Bonchev–Trinajstić information content (AvgIpc) is 2.51. The van der Waals surface area contributed by atoms with Gasteiger partial charge in [0.05, 0.1) is 0 Å². The molecule has 1 aromatic carbocycles. The fourth-order valence-corrected chi connectivity index (χ4v) is 3.06. The number of rotatable bonds is 8. The Bertz CT molecular complexity index is 368. The predicted octanol–water partition coefficient (Wildman–Crippen LogP) is 3.34. The molecule has 0 saturated carbocycles. The van der Waals surface area contributed by atoms with Gasteiger partial charge in [-0.05, 0) is 57.7 Å². The number of likely N-dealkylation sites (tertiary alicyclic amines) is 1. The minimum absolute atomic E-state index is 0.0642. The molecular formula is C18H29NO2. The zero-order chi connectivity index (χ0) is 14.9. The third-order valence-electron chi connectivity index (χ3n) is 4.19. The van der Waals surface area contributed by atoms with Crippen molar-refractivity contribution in [3.05, 3.63) is 35.9 Å². The third kappa shape index (κ3) is 5.77. The van der Waals surface area contributed by atoms with E-state index >= 15 is 0 Å². The van der Waals surface area contributed by atoms with Gasteiger partial charge in [0, 0.05) is 19.8 Å². The number of ether oxygens (including phenoxy) is 2. The van der Waals surface area contributed by atoms with E-state index in [-0.39, 0.29) is 6.29 Å². The van der Waals surface area contributed by atoms with Gasteiger partial charge < -0.3 is 9.47 Å². The Hall–Kier alpha value is -0.900. The minimum Gasteiger partial charge on any atom is -0.352 e. The quantitative estimate of drug-likeness (QED) is 0.686. The van der Waals surface area contributed by atoms with E-state index in [2.05, 4.69) is 35.2 Å². The molecule has 0 atom stereocenters. The van der Waals surface area contributed by atoms with Gasteiger partial charge in [0.2, 0.25) is 0 Å². The molecule has 21 heavy (non-hydrogen) atoms. The van der Waals surface area contributed by atoms with Gasteiger partial charge in [-0.2, -0.15) is 0 Å². The molecule has 1 aromatic rings. The van der Waals surface area contributed by atoms with Crippen molar-refractivity contribution in [1.82, 2.24) is 4.90 Å². The molecule has 0 N–H and O–H groups in total. The Morgan fingerprint density at radius 3 is 2.24 bits per heavy atom. The first-order valence-corrected chi connectivity index (χ1v) is 8.31. The Kier molecular flexibility index (Phi) is 7.20. The first-order valence-electron chi connectivity index (χ1n) is 8.31. The van der Waals surface area contributed by atoms with Crippen LogP contribution in [0.5, 0.6) is 0 Å². The van der Waals surface area contributed by atoms with Gasteiger partial charge in [0.25, 0.3) is 0 Å². The first kappa shape index (κ1) is 16.5. The van der Waals surface area contributed by atoms with Crippen LogP contribution in [0.3, 0.4) is 0 Å². The minimum atomic E-state index is -0.0642. The van der Waals surface area contributed by atoms with E-state index in [1.54, 1.807) is 0 Å². The average molecular weight is 291 g/mol. The summed E-state index contributed by atoms with van der Waals surface area (Å²) in [7, 11) is 0. The van der Waals surface area contributed by atoms with Crippen LogP contribution in [-0.4, -0.2) is 44.0 Å². The van der Waals surface area contributed by atoms with Crippen molar-refractivity contribution in [2.24, 2.45) is 5.92 Å². The maximum absolute atomic E-state index is 5.64. The highest BCUT2D eigenvalue weighted by Crippen LogP contribution is 2.22. The lowest BCUT2D eigenvalue weighted by Gasteiger charge is -2.34. The zero-order valence-electron chi connectivity index (χ0n) is 13.5. The molecule has 3 nitrogen and oxygen atoms in total. The van der Waals surface area contributed by atoms with Crippen LogP contribution in [-0.2, 0) is 15.9 Å². The number of hydrogen-bond acceptors (Lipinski definition) is 3. The summed E-state index contributed by atoms with van der Waals surface area (Å²) in [5, 5.41) is 0. The first-order chi connectivity index (χ1) is 10.3. The number of benzene rings is 1. The summed E-state index contributed by atoms with van der Waals surface area (Å²) >= 11 is 0. The zero-order valence-corrected chi connectivity index (χ0v) is 13.5. The standard InChI is InChI=1S/C18H29NO2/c1-3-20-18(21-4-2)15-19-12-10-17(11-13-19)14-16-8-6-5-7-9-16/h5-9,17-18H,3-4,10-15H2,1-2H3. The van der Waals surface area contributed by atoms with Crippen molar-refractivity contribution in [2.45, 2.75) is 39.4 Å². The Balaban J connectivity index is 1.72. The summed E-state index contributed by atoms with van der Waals surface area (Å²) < 4.78 is 11.3. The molecule has 0 bridgehead atoms. The van der Waals surface area contributed by atoms with Crippen molar-refractivity contribution in [3.63, 3.8) is 0 Å². The van der Waals surface area contributed by atoms with Crippen molar-refractivity contribution in [1.29, 1.82) is 0 Å². The highest BCUT2D eigenvalue weighted by molar-refractivity contribution is 5.15. The second-order valence-electron chi connectivity index (χ2n) is 5.77. The maximum Gasteiger partial charge on any atom is 0.170 e. The molecule has 1 fully saturated rings. The van der Waals surface area contributed by atoms with E-state index in [9.17, 15) is 0 Å². The van der Waals surface area contributed by atoms with E-state index in [1.165, 1.54) is 24.8 Å². The second-order valence-corrected chi connectivity index (χ2v) is 5.77. The molecule has 0 radical (unpaired) electrons. The van der Waals surface area contributed by atoms with E-state index in [1.807, 2.05) is 13.8 Å². The normalized spacial score (nSPS) is 17.5. The highest BCUT2D eigenvalue weighted by atomic mass is 16.7. The fourth-order valence-electron chi connectivity index (χ4n) is 3.06. The topological polar surface area (TPSA) is 21.7 Å². The number of nitrogens with zero attached hydrogens (tertiary/aromatic N) is 1. The third-order valence-corrected chi connectivity index (χ3v) is 4.19. The monoisotopic (exact) mass is 291 g/mol. The molecule has 0 aliphatic carbocycles.